The van der Waals surface area contributed by atoms with Gasteiger partial charge >= 0.3 is 0 Å². The van der Waals surface area contributed by atoms with Gasteiger partial charge in [0.05, 0.1) is 12.7 Å². The van der Waals surface area contributed by atoms with Crippen molar-refractivity contribution in [3.63, 3.8) is 0 Å². The Morgan fingerprint density at radius 3 is 2.57 bits per heavy atom. The van der Waals surface area contributed by atoms with Crippen LogP contribution >= 0.6 is 0 Å². The predicted octanol–water partition coefficient (Wildman–Crippen LogP) is 4.27. The first kappa shape index (κ1) is 20.3. The van der Waals surface area contributed by atoms with E-state index in [9.17, 15) is 9.65 Å². The summed E-state index contributed by atoms with van der Waals surface area (Å²) >= 11 is 0. The zero-order chi connectivity index (χ0) is 21.0. The van der Waals surface area contributed by atoms with E-state index in [1.54, 1.807) is 19.2 Å². The van der Waals surface area contributed by atoms with Crippen LogP contribution in [0.15, 0.2) is 54.6 Å². The van der Waals surface area contributed by atoms with Gasteiger partial charge in [-0.3, -0.25) is 0 Å². The summed E-state index contributed by atoms with van der Waals surface area (Å²) in [6.45, 7) is 3.24. The predicted molar refractivity (Wildman–Crippen MR) is 117 cm³/mol. The number of ether oxygens (including phenoxy) is 1. The summed E-state index contributed by atoms with van der Waals surface area (Å²) in [5.74, 6) is 0.421. The third kappa shape index (κ3) is 3.89. The van der Waals surface area contributed by atoms with Crippen LogP contribution in [0.3, 0.4) is 0 Å². The van der Waals surface area contributed by atoms with Crippen molar-refractivity contribution in [2.45, 2.75) is 24.8 Å². The van der Waals surface area contributed by atoms with Crippen molar-refractivity contribution >= 4 is 10.8 Å². The maximum absolute atomic E-state index is 13.5. The number of nitrogens with zero attached hydrogens (tertiary/aromatic N) is 1. The average molecular weight is 404 g/mol. The van der Waals surface area contributed by atoms with Gasteiger partial charge in [0, 0.05) is 24.1 Å². The first-order valence-corrected chi connectivity index (χ1v) is 10.3. The third-order valence-corrected chi connectivity index (χ3v) is 6.21. The molecule has 3 aromatic carbocycles. The van der Waals surface area contributed by atoms with Gasteiger partial charge in [-0.2, -0.15) is 5.26 Å². The van der Waals surface area contributed by atoms with Crippen molar-refractivity contribution in [1.82, 2.24) is 10.6 Å². The number of halogens is 1. The Morgan fingerprint density at radius 2 is 1.87 bits per heavy atom. The second-order valence-electron chi connectivity index (χ2n) is 7.91. The molecule has 0 spiro atoms. The minimum atomic E-state index is -0.208. The molecule has 0 unspecified atom stereocenters. The second kappa shape index (κ2) is 8.83. The van der Waals surface area contributed by atoms with Crippen LogP contribution in [0.5, 0.6) is 5.75 Å². The fourth-order valence-electron chi connectivity index (χ4n) is 4.60. The summed E-state index contributed by atoms with van der Waals surface area (Å²) in [7, 11) is 1.61. The van der Waals surface area contributed by atoms with E-state index in [-0.39, 0.29) is 11.2 Å². The lowest BCUT2D eigenvalue weighted by atomic mass is 9.73. The SMILES string of the molecule is COc1c(C#N)cc2ccccc2c1CNCC1(c2ccc(F)cc2)CCNCC1. The summed E-state index contributed by atoms with van der Waals surface area (Å²) in [6, 6.07) is 19.1. The van der Waals surface area contributed by atoms with Crippen LogP contribution in [-0.2, 0) is 12.0 Å². The molecule has 1 aliphatic heterocycles. The highest BCUT2D eigenvalue weighted by molar-refractivity contribution is 5.89. The normalized spacial score (nSPS) is 15.6. The van der Waals surface area contributed by atoms with Gasteiger partial charge < -0.3 is 15.4 Å². The number of fused-ring (bicyclic) bond motifs is 1. The zero-order valence-electron chi connectivity index (χ0n) is 17.2. The molecule has 30 heavy (non-hydrogen) atoms. The lowest BCUT2D eigenvalue weighted by Crippen LogP contribution is -2.46. The molecule has 1 saturated heterocycles. The van der Waals surface area contributed by atoms with Crippen LogP contribution in [0.1, 0.15) is 29.5 Å². The molecule has 154 valence electrons. The summed E-state index contributed by atoms with van der Waals surface area (Å²) in [4.78, 5) is 0. The fourth-order valence-corrected chi connectivity index (χ4v) is 4.60. The van der Waals surface area contributed by atoms with Gasteiger partial charge in [0.1, 0.15) is 17.6 Å². The molecule has 3 aromatic rings. The van der Waals surface area contributed by atoms with E-state index in [4.69, 9.17) is 4.74 Å². The number of piperidine rings is 1. The molecule has 1 heterocycles. The molecule has 1 fully saturated rings. The summed E-state index contributed by atoms with van der Waals surface area (Å²) < 4.78 is 19.1. The van der Waals surface area contributed by atoms with Crippen molar-refractivity contribution in [2.75, 3.05) is 26.7 Å². The van der Waals surface area contributed by atoms with E-state index in [0.29, 0.717) is 17.9 Å². The van der Waals surface area contributed by atoms with E-state index < -0.39 is 0 Å². The molecule has 0 bridgehead atoms. The van der Waals surface area contributed by atoms with Gasteiger partial charge in [-0.25, -0.2) is 4.39 Å². The summed E-state index contributed by atoms with van der Waals surface area (Å²) in [5, 5.41) is 18.8. The van der Waals surface area contributed by atoms with Gasteiger partial charge in [-0.1, -0.05) is 36.4 Å². The number of hydrogen-bond acceptors (Lipinski definition) is 4. The molecular formula is C25H26FN3O. The largest absolute Gasteiger partial charge is 0.495 e. The highest BCUT2D eigenvalue weighted by atomic mass is 19.1. The van der Waals surface area contributed by atoms with Crippen molar-refractivity contribution < 1.29 is 9.13 Å². The molecule has 1 aliphatic rings. The highest BCUT2D eigenvalue weighted by Crippen LogP contribution is 2.35. The molecule has 0 aromatic heterocycles. The highest BCUT2D eigenvalue weighted by Gasteiger charge is 2.33. The third-order valence-electron chi connectivity index (χ3n) is 6.21. The van der Waals surface area contributed by atoms with Gasteiger partial charge in [0.15, 0.2) is 0 Å². The number of benzene rings is 3. The van der Waals surface area contributed by atoms with Gasteiger partial charge in [-0.05, 0) is 60.5 Å². The number of hydrogen-bond donors (Lipinski definition) is 2. The van der Waals surface area contributed by atoms with E-state index in [2.05, 4.69) is 22.8 Å². The van der Waals surface area contributed by atoms with Crippen LogP contribution < -0.4 is 15.4 Å². The molecule has 4 nitrogen and oxygen atoms in total. The van der Waals surface area contributed by atoms with Crippen LogP contribution in [0.2, 0.25) is 0 Å². The summed E-state index contributed by atoms with van der Waals surface area (Å²) in [6.07, 6.45) is 1.98. The Hall–Kier alpha value is -2.94. The Bertz CT molecular complexity index is 1070. The molecule has 4 rings (SSSR count). The van der Waals surface area contributed by atoms with E-state index in [1.165, 1.54) is 5.56 Å². The zero-order valence-corrected chi connectivity index (χ0v) is 17.2. The molecule has 0 radical (unpaired) electrons. The molecule has 5 heteroatoms. The molecule has 0 atom stereocenters. The number of nitriles is 1. The minimum Gasteiger partial charge on any atom is -0.495 e. The van der Waals surface area contributed by atoms with Crippen molar-refractivity contribution in [2.24, 2.45) is 0 Å². The molecular weight excluding hydrogens is 377 g/mol. The molecule has 0 amide bonds. The summed E-state index contributed by atoms with van der Waals surface area (Å²) in [5.41, 5.74) is 2.66. The first-order chi connectivity index (χ1) is 14.7. The molecule has 0 saturated carbocycles. The van der Waals surface area contributed by atoms with Gasteiger partial charge in [-0.15, -0.1) is 0 Å². The lowest BCUT2D eigenvalue weighted by Gasteiger charge is -2.38. The van der Waals surface area contributed by atoms with E-state index in [0.717, 1.165) is 48.8 Å². The quantitative estimate of drug-likeness (QED) is 0.645. The Morgan fingerprint density at radius 1 is 1.13 bits per heavy atom. The maximum Gasteiger partial charge on any atom is 0.141 e. The fraction of sp³-hybridized carbons (Fsp3) is 0.320. The van der Waals surface area contributed by atoms with Gasteiger partial charge in [0.2, 0.25) is 0 Å². The molecule has 0 aliphatic carbocycles. The van der Waals surface area contributed by atoms with Crippen molar-refractivity contribution in [3.8, 4) is 11.8 Å². The van der Waals surface area contributed by atoms with Crippen molar-refractivity contribution in [1.29, 1.82) is 5.26 Å². The number of nitrogens with one attached hydrogen (secondary N) is 2. The lowest BCUT2D eigenvalue weighted by molar-refractivity contribution is 0.292. The Labute approximate surface area is 176 Å². The smallest absolute Gasteiger partial charge is 0.141 e. The minimum absolute atomic E-state index is 0.0468. The topological polar surface area (TPSA) is 57.1 Å². The maximum atomic E-state index is 13.5. The monoisotopic (exact) mass is 403 g/mol. The number of methoxy groups -OCH3 is 1. The first-order valence-electron chi connectivity index (χ1n) is 10.3. The molecule has 2 N–H and O–H groups in total. The van der Waals surface area contributed by atoms with E-state index in [1.807, 2.05) is 36.4 Å². The average Bonchev–Trinajstić information content (AvgIpc) is 2.79. The van der Waals surface area contributed by atoms with Crippen molar-refractivity contribution in [3.05, 3.63) is 77.1 Å². The Balaban J connectivity index is 1.63. The van der Waals surface area contributed by atoms with Crippen LogP contribution in [0, 0.1) is 17.1 Å². The van der Waals surface area contributed by atoms with Crippen LogP contribution in [-0.4, -0.2) is 26.7 Å². The standard InChI is InChI=1S/C25H26FN3O/c1-30-24-19(15-27)14-18-4-2-3-5-22(18)23(24)16-29-17-25(10-12-28-13-11-25)20-6-8-21(26)9-7-20/h2-9,14,28-29H,10-13,16-17H2,1H3. The second-order valence-corrected chi connectivity index (χ2v) is 7.91. The Kier molecular flexibility index (Phi) is 5.98. The van der Waals surface area contributed by atoms with E-state index >= 15 is 0 Å². The van der Waals surface area contributed by atoms with Gasteiger partial charge in [0.25, 0.3) is 0 Å². The van der Waals surface area contributed by atoms with Crippen LogP contribution in [0.4, 0.5) is 4.39 Å². The number of rotatable bonds is 6. The van der Waals surface area contributed by atoms with Crippen LogP contribution in [0.25, 0.3) is 10.8 Å².